The number of aromatic nitrogens is 1. The van der Waals surface area contributed by atoms with Crippen molar-refractivity contribution in [3.05, 3.63) is 45.5 Å². The van der Waals surface area contributed by atoms with Gasteiger partial charge in [0.2, 0.25) is 0 Å². The number of halogens is 1. The van der Waals surface area contributed by atoms with Crippen LogP contribution in [0.15, 0.2) is 23.0 Å². The molecule has 1 aromatic heterocycles. The highest BCUT2D eigenvalue weighted by molar-refractivity contribution is 5.80. The Hall–Kier alpha value is -1.68. The number of fused-ring (bicyclic) bond motifs is 1. The molecular formula is C17H21FN2O. The summed E-state index contributed by atoms with van der Waals surface area (Å²) in [5, 5.41) is 3.72. The van der Waals surface area contributed by atoms with Gasteiger partial charge in [0.25, 0.3) is 0 Å². The summed E-state index contributed by atoms with van der Waals surface area (Å²) in [5.41, 5.74) is 2.35. The molecule has 112 valence electrons. The fraction of sp³-hybridized carbons (Fsp3) is 0.471. The molecule has 3 rings (SSSR count). The van der Waals surface area contributed by atoms with Gasteiger partial charge in [-0.25, -0.2) is 4.39 Å². The molecule has 4 heteroatoms. The number of nitrogens with one attached hydrogen (secondary N) is 1. The first kappa shape index (κ1) is 14.3. The Balaban J connectivity index is 2.17. The Morgan fingerprint density at radius 3 is 2.67 bits per heavy atom. The molecular weight excluding hydrogens is 267 g/mol. The maximum atomic E-state index is 14.2. The van der Waals surface area contributed by atoms with Crippen LogP contribution >= 0.6 is 0 Å². The molecule has 0 unspecified atom stereocenters. The number of pyridine rings is 1. The number of nitrogens with zero attached hydrogens (tertiary/aromatic N) is 1. The minimum absolute atomic E-state index is 0.0957. The van der Waals surface area contributed by atoms with Crippen LogP contribution in [0.25, 0.3) is 10.9 Å². The number of hydrogen-bond donors (Lipinski definition) is 1. The van der Waals surface area contributed by atoms with Crippen LogP contribution in [0.4, 0.5) is 4.39 Å². The van der Waals surface area contributed by atoms with Crippen LogP contribution in [0.2, 0.25) is 0 Å². The summed E-state index contributed by atoms with van der Waals surface area (Å²) in [4.78, 5) is 12.1. The molecule has 3 nitrogen and oxygen atoms in total. The largest absolute Gasteiger partial charge is 0.342 e. The molecule has 1 N–H and O–H groups in total. The zero-order valence-corrected chi connectivity index (χ0v) is 12.7. The van der Waals surface area contributed by atoms with Crippen molar-refractivity contribution in [2.45, 2.75) is 52.2 Å². The fourth-order valence-electron chi connectivity index (χ4n) is 2.80. The van der Waals surface area contributed by atoms with E-state index < -0.39 is 0 Å². The zero-order valence-electron chi connectivity index (χ0n) is 12.7. The van der Waals surface area contributed by atoms with Gasteiger partial charge in [-0.1, -0.05) is 13.8 Å². The molecule has 1 fully saturated rings. The molecule has 0 atom stereocenters. The highest BCUT2D eigenvalue weighted by atomic mass is 19.1. The van der Waals surface area contributed by atoms with Crippen LogP contribution in [0, 0.1) is 12.7 Å². The highest BCUT2D eigenvalue weighted by Crippen LogP contribution is 2.38. The van der Waals surface area contributed by atoms with Crippen molar-refractivity contribution >= 4 is 10.9 Å². The SMILES string of the molecule is Cc1cc(=O)c2cc(F)c(CNC(C)C)cc2n1C1CC1. The average molecular weight is 288 g/mol. The lowest BCUT2D eigenvalue weighted by Gasteiger charge is -2.16. The van der Waals surface area contributed by atoms with Gasteiger partial charge in [0.15, 0.2) is 5.43 Å². The van der Waals surface area contributed by atoms with E-state index in [4.69, 9.17) is 0 Å². The Morgan fingerprint density at radius 2 is 2.05 bits per heavy atom. The first-order valence-corrected chi connectivity index (χ1v) is 7.55. The maximum absolute atomic E-state index is 14.2. The van der Waals surface area contributed by atoms with Crippen molar-refractivity contribution in [2.24, 2.45) is 0 Å². The first-order valence-electron chi connectivity index (χ1n) is 7.55. The first-order chi connectivity index (χ1) is 9.97. The molecule has 0 bridgehead atoms. The summed E-state index contributed by atoms with van der Waals surface area (Å²) in [5.74, 6) is -0.307. The summed E-state index contributed by atoms with van der Waals surface area (Å²) in [6.07, 6.45) is 2.27. The molecule has 1 aliphatic carbocycles. The van der Waals surface area contributed by atoms with Crippen molar-refractivity contribution in [3.63, 3.8) is 0 Å². The Labute approximate surface area is 123 Å². The lowest BCUT2D eigenvalue weighted by molar-refractivity contribution is 0.554. The molecule has 0 spiro atoms. The number of hydrogen-bond acceptors (Lipinski definition) is 2. The van der Waals surface area contributed by atoms with Gasteiger partial charge in [0.1, 0.15) is 5.82 Å². The van der Waals surface area contributed by atoms with Gasteiger partial charge in [0.05, 0.1) is 5.52 Å². The van der Waals surface area contributed by atoms with E-state index in [9.17, 15) is 9.18 Å². The minimum Gasteiger partial charge on any atom is -0.342 e. The average Bonchev–Trinajstić information content (AvgIpc) is 3.22. The van der Waals surface area contributed by atoms with Gasteiger partial charge in [-0.15, -0.1) is 0 Å². The predicted molar refractivity (Wildman–Crippen MR) is 83.1 cm³/mol. The van der Waals surface area contributed by atoms with Crippen LogP contribution < -0.4 is 10.7 Å². The standard InChI is InChI=1S/C17H21FN2O/c1-10(2)19-9-12-7-16-14(8-15(12)18)17(21)6-11(3)20(16)13-4-5-13/h6-8,10,13,19H,4-5,9H2,1-3H3. The second-order valence-electron chi connectivity index (χ2n) is 6.25. The van der Waals surface area contributed by atoms with E-state index in [2.05, 4.69) is 9.88 Å². The molecule has 1 aliphatic rings. The van der Waals surface area contributed by atoms with Crippen molar-refractivity contribution in [2.75, 3.05) is 0 Å². The van der Waals surface area contributed by atoms with E-state index >= 15 is 0 Å². The van der Waals surface area contributed by atoms with Crippen molar-refractivity contribution in [3.8, 4) is 0 Å². The van der Waals surface area contributed by atoms with E-state index in [-0.39, 0.29) is 11.2 Å². The zero-order chi connectivity index (χ0) is 15.1. The second kappa shape index (κ2) is 5.26. The molecule has 0 radical (unpaired) electrons. The van der Waals surface area contributed by atoms with Gasteiger partial charge < -0.3 is 9.88 Å². The van der Waals surface area contributed by atoms with E-state index in [1.165, 1.54) is 6.07 Å². The summed E-state index contributed by atoms with van der Waals surface area (Å²) in [6, 6.07) is 5.61. The quantitative estimate of drug-likeness (QED) is 0.936. The number of rotatable bonds is 4. The second-order valence-corrected chi connectivity index (χ2v) is 6.25. The van der Waals surface area contributed by atoms with Crippen LogP contribution in [0.5, 0.6) is 0 Å². The van der Waals surface area contributed by atoms with E-state index in [1.807, 2.05) is 26.8 Å². The molecule has 21 heavy (non-hydrogen) atoms. The third-order valence-corrected chi connectivity index (χ3v) is 4.02. The van der Waals surface area contributed by atoms with Gasteiger partial charge >= 0.3 is 0 Å². The van der Waals surface area contributed by atoms with Crippen LogP contribution in [0.1, 0.15) is 44.0 Å². The third-order valence-electron chi connectivity index (χ3n) is 4.02. The van der Waals surface area contributed by atoms with Gasteiger partial charge in [0, 0.05) is 41.3 Å². The molecule has 2 aromatic rings. The summed E-state index contributed by atoms with van der Waals surface area (Å²) in [7, 11) is 0. The predicted octanol–water partition coefficient (Wildman–Crippen LogP) is 3.28. The van der Waals surface area contributed by atoms with Crippen molar-refractivity contribution in [1.29, 1.82) is 0 Å². The van der Waals surface area contributed by atoms with E-state index in [0.717, 1.165) is 24.1 Å². The molecule has 1 heterocycles. The molecule has 0 amide bonds. The third kappa shape index (κ3) is 2.72. The lowest BCUT2D eigenvalue weighted by Crippen LogP contribution is -2.22. The van der Waals surface area contributed by atoms with Crippen molar-refractivity contribution < 1.29 is 4.39 Å². The fourth-order valence-corrected chi connectivity index (χ4v) is 2.80. The Kier molecular flexibility index (Phi) is 3.57. The van der Waals surface area contributed by atoms with Crippen molar-refractivity contribution in [1.82, 2.24) is 9.88 Å². The topological polar surface area (TPSA) is 34.0 Å². The summed E-state index contributed by atoms with van der Waals surface area (Å²) in [6.45, 7) is 6.49. The van der Waals surface area contributed by atoms with Gasteiger partial charge in [-0.2, -0.15) is 0 Å². The van der Waals surface area contributed by atoms with Crippen LogP contribution in [-0.2, 0) is 6.54 Å². The van der Waals surface area contributed by atoms with E-state index in [0.29, 0.717) is 29.6 Å². The number of benzene rings is 1. The van der Waals surface area contributed by atoms with Crippen LogP contribution in [0.3, 0.4) is 0 Å². The highest BCUT2D eigenvalue weighted by Gasteiger charge is 2.26. The molecule has 1 saturated carbocycles. The van der Waals surface area contributed by atoms with Crippen LogP contribution in [-0.4, -0.2) is 10.6 Å². The Bertz CT molecular complexity index is 745. The molecule has 0 aliphatic heterocycles. The normalized spacial score (nSPS) is 15.1. The summed E-state index contributed by atoms with van der Waals surface area (Å²) >= 11 is 0. The molecule has 1 aromatic carbocycles. The summed E-state index contributed by atoms with van der Waals surface area (Å²) < 4.78 is 16.4. The lowest BCUT2D eigenvalue weighted by atomic mass is 10.1. The van der Waals surface area contributed by atoms with Gasteiger partial charge in [-0.05, 0) is 31.9 Å². The van der Waals surface area contributed by atoms with E-state index in [1.54, 1.807) is 6.07 Å². The molecule has 0 saturated heterocycles. The maximum Gasteiger partial charge on any atom is 0.189 e. The smallest absolute Gasteiger partial charge is 0.189 e. The van der Waals surface area contributed by atoms with Gasteiger partial charge in [-0.3, -0.25) is 4.79 Å². The minimum atomic E-state index is -0.307. The monoisotopic (exact) mass is 288 g/mol. The number of aryl methyl sites for hydroxylation is 1. The Morgan fingerprint density at radius 1 is 1.33 bits per heavy atom.